The molecule has 0 spiro atoms. The summed E-state index contributed by atoms with van der Waals surface area (Å²) in [6.07, 6.45) is 11.3. The Bertz CT molecular complexity index is 766. The largest absolute Gasteiger partial charge is 0.495 e. The molecule has 0 bridgehead atoms. The lowest BCUT2D eigenvalue weighted by Crippen LogP contribution is -2.36. The van der Waals surface area contributed by atoms with Crippen LogP contribution >= 0.6 is 0 Å². The summed E-state index contributed by atoms with van der Waals surface area (Å²) in [5.41, 5.74) is 0.629. The van der Waals surface area contributed by atoms with E-state index >= 15 is 0 Å². The zero-order chi connectivity index (χ0) is 19.9. The maximum Gasteiger partial charge on any atom is 0.246 e. The molecule has 27 heavy (non-hydrogen) atoms. The molecule has 0 radical (unpaired) electrons. The fourth-order valence-corrected chi connectivity index (χ4v) is 4.33. The normalized spacial score (nSPS) is 16.7. The SMILES string of the molecule is CNS(=O)(=O)c1cc(/C=C/C(=O)N(C)C2CCCCCCC2)ccc1OC. The van der Waals surface area contributed by atoms with Crippen LogP contribution in [0.5, 0.6) is 5.75 Å². The Morgan fingerprint density at radius 3 is 2.41 bits per heavy atom. The van der Waals surface area contributed by atoms with Crippen LogP contribution in [0.2, 0.25) is 0 Å². The predicted molar refractivity (Wildman–Crippen MR) is 107 cm³/mol. The van der Waals surface area contributed by atoms with Crippen molar-refractivity contribution in [2.24, 2.45) is 0 Å². The smallest absolute Gasteiger partial charge is 0.246 e. The van der Waals surface area contributed by atoms with Crippen LogP contribution in [0.25, 0.3) is 6.08 Å². The quantitative estimate of drug-likeness (QED) is 0.752. The molecule has 1 fully saturated rings. The van der Waals surface area contributed by atoms with Gasteiger partial charge in [-0.2, -0.15) is 0 Å². The zero-order valence-electron chi connectivity index (χ0n) is 16.4. The number of ether oxygens (including phenoxy) is 1. The van der Waals surface area contributed by atoms with Crippen LogP contribution in [0.4, 0.5) is 0 Å². The van der Waals surface area contributed by atoms with Gasteiger partial charge in [-0.15, -0.1) is 0 Å². The van der Waals surface area contributed by atoms with Gasteiger partial charge in [-0.3, -0.25) is 4.79 Å². The van der Waals surface area contributed by atoms with Crippen molar-refractivity contribution in [2.45, 2.75) is 55.9 Å². The number of likely N-dealkylation sites (N-methyl/N-ethyl adjacent to an activating group) is 1. The van der Waals surface area contributed by atoms with E-state index in [0.29, 0.717) is 5.56 Å². The Morgan fingerprint density at radius 1 is 1.19 bits per heavy atom. The van der Waals surface area contributed by atoms with E-state index in [1.54, 1.807) is 18.2 Å². The minimum atomic E-state index is -3.65. The fourth-order valence-electron chi connectivity index (χ4n) is 3.40. The number of carbonyl (C=O) groups is 1. The van der Waals surface area contributed by atoms with Gasteiger partial charge < -0.3 is 9.64 Å². The van der Waals surface area contributed by atoms with Gasteiger partial charge in [0.1, 0.15) is 10.6 Å². The summed E-state index contributed by atoms with van der Waals surface area (Å²) in [4.78, 5) is 14.4. The molecule has 0 unspecified atom stereocenters. The number of hydrogen-bond acceptors (Lipinski definition) is 4. The summed E-state index contributed by atoms with van der Waals surface area (Å²) in [5, 5.41) is 0. The van der Waals surface area contributed by atoms with Crippen molar-refractivity contribution < 1.29 is 17.9 Å². The van der Waals surface area contributed by atoms with E-state index in [0.717, 1.165) is 25.7 Å². The first-order valence-corrected chi connectivity index (χ1v) is 10.9. The van der Waals surface area contributed by atoms with Crippen LogP contribution in [0, 0.1) is 0 Å². The second-order valence-electron chi connectivity index (χ2n) is 6.90. The third kappa shape index (κ3) is 5.81. The molecule has 1 aliphatic carbocycles. The van der Waals surface area contributed by atoms with Crippen LogP contribution in [-0.2, 0) is 14.8 Å². The summed E-state index contributed by atoms with van der Waals surface area (Å²) >= 11 is 0. The van der Waals surface area contributed by atoms with Crippen LogP contribution in [0.15, 0.2) is 29.2 Å². The third-order valence-electron chi connectivity index (χ3n) is 5.13. The molecule has 0 saturated heterocycles. The highest BCUT2D eigenvalue weighted by atomic mass is 32.2. The molecule has 7 heteroatoms. The molecule has 0 aromatic heterocycles. The van der Waals surface area contributed by atoms with Gasteiger partial charge in [0.05, 0.1) is 7.11 Å². The average Bonchev–Trinajstić information content (AvgIpc) is 2.65. The van der Waals surface area contributed by atoms with E-state index in [9.17, 15) is 13.2 Å². The van der Waals surface area contributed by atoms with Crippen molar-refractivity contribution in [3.63, 3.8) is 0 Å². The second-order valence-corrected chi connectivity index (χ2v) is 8.75. The Hall–Kier alpha value is -1.86. The summed E-state index contributed by atoms with van der Waals surface area (Å²) < 4.78 is 31.7. The second kappa shape index (κ2) is 9.90. The van der Waals surface area contributed by atoms with E-state index in [-0.39, 0.29) is 22.6 Å². The Morgan fingerprint density at radius 2 is 1.81 bits per heavy atom. The first-order valence-electron chi connectivity index (χ1n) is 9.45. The minimum Gasteiger partial charge on any atom is -0.495 e. The van der Waals surface area contributed by atoms with Gasteiger partial charge >= 0.3 is 0 Å². The van der Waals surface area contributed by atoms with E-state index in [4.69, 9.17) is 4.74 Å². The number of nitrogens with one attached hydrogen (secondary N) is 1. The summed E-state index contributed by atoms with van der Waals surface area (Å²) in [6, 6.07) is 5.10. The highest BCUT2D eigenvalue weighted by Crippen LogP contribution is 2.25. The van der Waals surface area contributed by atoms with Crippen LogP contribution in [0.3, 0.4) is 0 Å². The summed E-state index contributed by atoms with van der Waals surface area (Å²) in [7, 11) is 0.979. The van der Waals surface area contributed by atoms with Crippen LogP contribution in [0.1, 0.15) is 50.5 Å². The van der Waals surface area contributed by atoms with E-state index in [2.05, 4.69) is 4.72 Å². The highest BCUT2D eigenvalue weighted by Gasteiger charge is 2.20. The predicted octanol–water partition coefficient (Wildman–Crippen LogP) is 3.19. The molecule has 2 rings (SSSR count). The van der Waals surface area contributed by atoms with Crippen LogP contribution in [-0.4, -0.2) is 46.5 Å². The number of nitrogens with zero attached hydrogens (tertiary/aromatic N) is 1. The molecule has 150 valence electrons. The van der Waals surface area contributed by atoms with Crippen molar-refractivity contribution in [2.75, 3.05) is 21.2 Å². The van der Waals surface area contributed by atoms with Crippen molar-refractivity contribution in [3.8, 4) is 5.75 Å². The van der Waals surface area contributed by atoms with E-state index < -0.39 is 10.0 Å². The van der Waals surface area contributed by atoms with Crippen molar-refractivity contribution >= 4 is 22.0 Å². The number of sulfonamides is 1. The summed E-state index contributed by atoms with van der Waals surface area (Å²) in [6.45, 7) is 0. The van der Waals surface area contributed by atoms with Crippen molar-refractivity contribution in [3.05, 3.63) is 29.8 Å². The van der Waals surface area contributed by atoms with Gasteiger partial charge in [-0.25, -0.2) is 13.1 Å². The molecular weight excluding hydrogens is 364 g/mol. The molecule has 0 aliphatic heterocycles. The van der Waals surface area contributed by atoms with Gasteiger partial charge in [0.25, 0.3) is 0 Å². The number of amides is 1. The average molecular weight is 395 g/mol. The van der Waals surface area contributed by atoms with E-state index in [1.807, 2.05) is 11.9 Å². The van der Waals surface area contributed by atoms with Crippen LogP contribution < -0.4 is 9.46 Å². The maximum atomic E-state index is 12.6. The van der Waals surface area contributed by atoms with Gasteiger partial charge in [0.2, 0.25) is 15.9 Å². The number of rotatable bonds is 6. The topological polar surface area (TPSA) is 75.7 Å². The lowest BCUT2D eigenvalue weighted by Gasteiger charge is -2.29. The van der Waals surface area contributed by atoms with Gasteiger partial charge in [0, 0.05) is 19.2 Å². The first-order chi connectivity index (χ1) is 12.9. The van der Waals surface area contributed by atoms with Gasteiger partial charge in [-0.1, -0.05) is 38.2 Å². The van der Waals surface area contributed by atoms with E-state index in [1.165, 1.54) is 45.6 Å². The van der Waals surface area contributed by atoms with Gasteiger partial charge in [0.15, 0.2) is 0 Å². The number of methoxy groups -OCH3 is 1. The maximum absolute atomic E-state index is 12.6. The molecule has 1 aliphatic rings. The van der Waals surface area contributed by atoms with Gasteiger partial charge in [-0.05, 0) is 43.7 Å². The summed E-state index contributed by atoms with van der Waals surface area (Å²) in [5.74, 6) is 0.203. The molecule has 0 heterocycles. The zero-order valence-corrected chi connectivity index (χ0v) is 17.2. The molecule has 0 atom stereocenters. The van der Waals surface area contributed by atoms with Crippen molar-refractivity contribution in [1.82, 2.24) is 9.62 Å². The molecule has 6 nitrogen and oxygen atoms in total. The molecule has 1 saturated carbocycles. The number of benzene rings is 1. The lowest BCUT2D eigenvalue weighted by atomic mass is 9.96. The number of hydrogen-bond donors (Lipinski definition) is 1. The molecule has 1 aromatic carbocycles. The molecule has 1 aromatic rings. The number of carbonyl (C=O) groups excluding carboxylic acids is 1. The Balaban J connectivity index is 2.14. The highest BCUT2D eigenvalue weighted by molar-refractivity contribution is 7.89. The molecule has 1 amide bonds. The Kier molecular flexibility index (Phi) is 7.86. The standard InChI is InChI=1S/C20H30N2O4S/c1-21-27(24,25)19-15-16(11-13-18(19)26-3)12-14-20(23)22(2)17-9-7-5-4-6-8-10-17/h11-15,17,21H,4-10H2,1-3H3/b14-12+. The monoisotopic (exact) mass is 394 g/mol. The Labute approximate surface area is 162 Å². The fraction of sp³-hybridized carbons (Fsp3) is 0.550. The lowest BCUT2D eigenvalue weighted by molar-refractivity contribution is -0.127. The third-order valence-corrected chi connectivity index (χ3v) is 6.57. The minimum absolute atomic E-state index is 0.0514. The van der Waals surface area contributed by atoms with Crippen molar-refractivity contribution in [1.29, 1.82) is 0 Å². The first kappa shape index (κ1) is 21.4. The molecule has 1 N–H and O–H groups in total. The molecular formula is C20H30N2O4S.